The van der Waals surface area contributed by atoms with E-state index in [1.807, 2.05) is 6.07 Å². The molecule has 1 unspecified atom stereocenters. The largest absolute Gasteiger partial charge is 0.307 e. The molecule has 0 aromatic carbocycles. The molecule has 1 saturated heterocycles. The van der Waals surface area contributed by atoms with E-state index in [4.69, 9.17) is 5.53 Å². The van der Waals surface area contributed by atoms with Gasteiger partial charge in [-0.3, -0.25) is 14.5 Å². The SMILES string of the molecule is [N-]=[N+]=NCC1CC(=O)N(c2ccc3ccc(=O)[nH]c3n2)C1. The van der Waals surface area contributed by atoms with Gasteiger partial charge >= 0.3 is 0 Å². The predicted molar refractivity (Wildman–Crippen MR) is 76.8 cm³/mol. The van der Waals surface area contributed by atoms with Crippen LogP contribution in [0.25, 0.3) is 21.5 Å². The lowest BCUT2D eigenvalue weighted by atomic mass is 10.1. The van der Waals surface area contributed by atoms with Gasteiger partial charge in [0.05, 0.1) is 0 Å². The van der Waals surface area contributed by atoms with Gasteiger partial charge in [0, 0.05) is 35.9 Å². The molecule has 2 aromatic heterocycles. The number of azide groups is 1. The Balaban J connectivity index is 1.91. The number of fused-ring (bicyclic) bond motifs is 1. The standard InChI is InChI=1S/C13H12N6O2/c14-18-15-6-8-5-12(21)19(7-8)10-3-1-9-2-4-11(20)17-13(9)16-10/h1-4,8H,5-7H2,(H,16,17,20). The number of hydrogen-bond donors (Lipinski definition) is 1. The van der Waals surface area contributed by atoms with E-state index in [-0.39, 0.29) is 17.4 Å². The van der Waals surface area contributed by atoms with Gasteiger partial charge in [0.25, 0.3) is 0 Å². The summed E-state index contributed by atoms with van der Waals surface area (Å²) < 4.78 is 0. The molecule has 106 valence electrons. The quantitative estimate of drug-likeness (QED) is 0.524. The van der Waals surface area contributed by atoms with Crippen LogP contribution >= 0.6 is 0 Å². The summed E-state index contributed by atoms with van der Waals surface area (Å²) in [6.45, 7) is 0.760. The smallest absolute Gasteiger partial charge is 0.249 e. The number of hydrogen-bond acceptors (Lipinski definition) is 4. The first-order valence-corrected chi connectivity index (χ1v) is 6.48. The third-order valence-electron chi connectivity index (χ3n) is 3.45. The monoisotopic (exact) mass is 284 g/mol. The van der Waals surface area contributed by atoms with Crippen LogP contribution in [0.5, 0.6) is 0 Å². The van der Waals surface area contributed by atoms with Crippen LogP contribution in [0, 0.1) is 5.92 Å². The Kier molecular flexibility index (Phi) is 3.29. The minimum Gasteiger partial charge on any atom is -0.307 e. The number of anilines is 1. The van der Waals surface area contributed by atoms with Gasteiger partial charge in [-0.2, -0.15) is 0 Å². The van der Waals surface area contributed by atoms with Crippen molar-refractivity contribution in [1.29, 1.82) is 0 Å². The number of carbonyl (C=O) groups is 1. The number of aromatic amines is 1. The predicted octanol–water partition coefficient (Wildman–Crippen LogP) is 1.59. The van der Waals surface area contributed by atoms with Crippen molar-refractivity contribution in [3.8, 4) is 0 Å². The van der Waals surface area contributed by atoms with E-state index in [1.54, 1.807) is 17.0 Å². The van der Waals surface area contributed by atoms with Gasteiger partial charge < -0.3 is 4.98 Å². The van der Waals surface area contributed by atoms with Gasteiger partial charge in [0.15, 0.2) is 0 Å². The normalized spacial score (nSPS) is 18.0. The lowest BCUT2D eigenvalue weighted by Crippen LogP contribution is -2.25. The number of aromatic nitrogens is 2. The van der Waals surface area contributed by atoms with Crippen LogP contribution in [0.4, 0.5) is 5.82 Å². The molecule has 0 saturated carbocycles. The Morgan fingerprint density at radius 2 is 2.19 bits per heavy atom. The Bertz CT molecular complexity index is 808. The van der Waals surface area contributed by atoms with Crippen LogP contribution in [0.1, 0.15) is 6.42 Å². The number of amides is 1. The zero-order valence-electron chi connectivity index (χ0n) is 11.1. The molecule has 8 heteroatoms. The van der Waals surface area contributed by atoms with E-state index in [2.05, 4.69) is 20.0 Å². The number of nitrogens with zero attached hydrogens (tertiary/aromatic N) is 5. The summed E-state index contributed by atoms with van der Waals surface area (Å²) in [5.41, 5.74) is 8.55. The molecule has 1 N–H and O–H groups in total. The maximum atomic E-state index is 12.0. The first-order valence-electron chi connectivity index (χ1n) is 6.48. The molecular weight excluding hydrogens is 272 g/mol. The summed E-state index contributed by atoms with van der Waals surface area (Å²) in [6.07, 6.45) is 0.337. The second-order valence-corrected chi connectivity index (χ2v) is 4.92. The van der Waals surface area contributed by atoms with Crippen LogP contribution in [0.3, 0.4) is 0 Å². The fraction of sp³-hybridized carbons (Fsp3) is 0.308. The lowest BCUT2D eigenvalue weighted by Gasteiger charge is -2.15. The Morgan fingerprint density at radius 3 is 3.00 bits per heavy atom. The summed E-state index contributed by atoms with van der Waals surface area (Å²) in [4.78, 5) is 34.6. The summed E-state index contributed by atoms with van der Waals surface area (Å²) >= 11 is 0. The first kappa shape index (κ1) is 13.1. The van der Waals surface area contributed by atoms with E-state index >= 15 is 0 Å². The van der Waals surface area contributed by atoms with Gasteiger partial charge in [0.1, 0.15) is 11.5 Å². The van der Waals surface area contributed by atoms with E-state index in [0.29, 0.717) is 31.0 Å². The zero-order chi connectivity index (χ0) is 14.8. The molecule has 1 aliphatic rings. The maximum Gasteiger partial charge on any atom is 0.249 e. The second-order valence-electron chi connectivity index (χ2n) is 4.92. The second kappa shape index (κ2) is 5.26. The molecule has 3 rings (SSSR count). The van der Waals surface area contributed by atoms with Crippen molar-refractivity contribution in [3.63, 3.8) is 0 Å². The first-order chi connectivity index (χ1) is 10.2. The van der Waals surface area contributed by atoms with Crippen LogP contribution < -0.4 is 10.5 Å². The zero-order valence-corrected chi connectivity index (χ0v) is 11.1. The average molecular weight is 284 g/mol. The molecule has 21 heavy (non-hydrogen) atoms. The minimum absolute atomic E-state index is 0.000666. The van der Waals surface area contributed by atoms with Gasteiger partial charge in [-0.15, -0.1) is 0 Å². The van der Waals surface area contributed by atoms with Gasteiger partial charge in [-0.1, -0.05) is 5.11 Å². The molecule has 1 amide bonds. The molecular formula is C13H12N6O2. The summed E-state index contributed by atoms with van der Waals surface area (Å²) in [5.74, 6) is 0.441. The molecule has 1 fully saturated rings. The van der Waals surface area contributed by atoms with Crippen molar-refractivity contribution in [2.75, 3.05) is 18.0 Å². The van der Waals surface area contributed by atoms with Crippen LogP contribution in [0.2, 0.25) is 0 Å². The van der Waals surface area contributed by atoms with Crippen molar-refractivity contribution >= 4 is 22.8 Å². The highest BCUT2D eigenvalue weighted by Gasteiger charge is 2.30. The molecule has 1 aliphatic heterocycles. The molecule has 0 bridgehead atoms. The van der Waals surface area contributed by atoms with Gasteiger partial charge in [0.2, 0.25) is 11.5 Å². The summed E-state index contributed by atoms with van der Waals surface area (Å²) in [5, 5.41) is 4.31. The summed E-state index contributed by atoms with van der Waals surface area (Å²) in [7, 11) is 0. The van der Waals surface area contributed by atoms with Crippen molar-refractivity contribution in [3.05, 3.63) is 45.1 Å². The third kappa shape index (κ3) is 2.56. The van der Waals surface area contributed by atoms with Crippen molar-refractivity contribution in [2.24, 2.45) is 11.0 Å². The van der Waals surface area contributed by atoms with Crippen molar-refractivity contribution in [2.45, 2.75) is 6.42 Å². The van der Waals surface area contributed by atoms with E-state index in [1.165, 1.54) is 6.07 Å². The van der Waals surface area contributed by atoms with Crippen LogP contribution in [-0.2, 0) is 4.79 Å². The molecule has 0 spiro atoms. The van der Waals surface area contributed by atoms with Gasteiger partial charge in [-0.05, 0) is 29.6 Å². The Morgan fingerprint density at radius 1 is 1.38 bits per heavy atom. The van der Waals surface area contributed by atoms with Crippen LogP contribution in [0.15, 0.2) is 34.2 Å². The number of H-pyrrole nitrogens is 1. The van der Waals surface area contributed by atoms with Crippen molar-refractivity contribution < 1.29 is 4.79 Å². The van der Waals surface area contributed by atoms with Gasteiger partial charge in [-0.25, -0.2) is 4.98 Å². The summed E-state index contributed by atoms with van der Waals surface area (Å²) in [6, 6.07) is 6.66. The minimum atomic E-state index is -0.235. The Hall–Kier alpha value is -2.86. The average Bonchev–Trinajstić information content (AvgIpc) is 2.85. The Labute approximate surface area is 119 Å². The molecule has 8 nitrogen and oxygen atoms in total. The van der Waals surface area contributed by atoms with Crippen molar-refractivity contribution in [1.82, 2.24) is 9.97 Å². The topological polar surface area (TPSA) is 115 Å². The molecule has 3 heterocycles. The van der Waals surface area contributed by atoms with E-state index in [9.17, 15) is 9.59 Å². The van der Waals surface area contributed by atoms with E-state index < -0.39 is 0 Å². The highest BCUT2D eigenvalue weighted by molar-refractivity contribution is 5.95. The third-order valence-corrected chi connectivity index (χ3v) is 3.45. The number of rotatable bonds is 3. The number of pyridine rings is 2. The highest BCUT2D eigenvalue weighted by Crippen LogP contribution is 2.25. The molecule has 0 aliphatic carbocycles. The lowest BCUT2D eigenvalue weighted by molar-refractivity contribution is -0.117. The number of nitrogens with one attached hydrogen (secondary N) is 1. The molecule has 1 atom stereocenters. The van der Waals surface area contributed by atoms with Crippen LogP contribution in [-0.4, -0.2) is 29.0 Å². The fourth-order valence-electron chi connectivity index (χ4n) is 2.45. The van der Waals surface area contributed by atoms with E-state index in [0.717, 1.165) is 5.39 Å². The fourth-order valence-corrected chi connectivity index (χ4v) is 2.45. The molecule has 0 radical (unpaired) electrons. The number of carbonyl (C=O) groups excluding carboxylic acids is 1. The molecule has 2 aromatic rings. The maximum absolute atomic E-state index is 12.0. The highest BCUT2D eigenvalue weighted by atomic mass is 16.2.